The van der Waals surface area contributed by atoms with E-state index in [0.717, 1.165) is 32.7 Å². The molecule has 0 fully saturated rings. The SMILES string of the molecule is C.COc1cc(Nc2ncc(F)c(Nc3ccc4c(n3)N(COP(=O)(O)O)C(=O)C(C)(C)O4)n2)cc(C)c1OC.[2H]c1nc(Nc2cc(C)c(OC)c(OC)c2)nc(Nc2ccc3c(n2)N(COP(=O)(O)O)C(=O)C(C)(C)O3)c1F.[2H]c1nc(Nc2cc(C)c(OC)c(OC)c2)nc(Nc2ccc3c(n2)NC(=O)C(C)(C)O3)c1F. The highest BCUT2D eigenvalue weighted by Gasteiger charge is 2.45. The Hall–Kier alpha value is -12.2. The Kier molecular flexibility index (Phi) is 24.5. The van der Waals surface area contributed by atoms with Gasteiger partial charge in [0, 0.05) is 35.3 Å². The van der Waals surface area contributed by atoms with Crippen LogP contribution >= 0.6 is 15.6 Å². The van der Waals surface area contributed by atoms with Crippen molar-refractivity contribution in [2.24, 2.45) is 0 Å². The van der Waals surface area contributed by atoms with E-state index in [9.17, 15) is 36.7 Å². The molecule has 0 radical (unpaired) electrons. The normalized spacial score (nSPS) is 14.4. The molecule has 11 N–H and O–H groups in total. The van der Waals surface area contributed by atoms with Crippen LogP contribution in [0.25, 0.3) is 0 Å². The van der Waals surface area contributed by atoms with Crippen molar-refractivity contribution in [1.29, 1.82) is 0 Å². The molecule has 0 bridgehead atoms. The van der Waals surface area contributed by atoms with Crippen LogP contribution in [0.3, 0.4) is 0 Å². The van der Waals surface area contributed by atoms with E-state index in [1.807, 2.05) is 13.8 Å². The molecule has 0 spiro atoms. The van der Waals surface area contributed by atoms with Crippen LogP contribution in [0.2, 0.25) is 0 Å². The van der Waals surface area contributed by atoms with Crippen molar-refractivity contribution in [3.63, 3.8) is 0 Å². The third kappa shape index (κ3) is 19.8. The van der Waals surface area contributed by atoms with Gasteiger partial charge in [-0.1, -0.05) is 7.43 Å². The van der Waals surface area contributed by atoms with Crippen molar-refractivity contribution in [3.05, 3.63) is 125 Å². The molecule has 0 saturated heterocycles. The summed E-state index contributed by atoms with van der Waals surface area (Å²) in [6.45, 7) is 13.0. The third-order valence-corrected chi connectivity index (χ3v) is 16.7. The molecule has 3 aromatic carbocycles. The number of amides is 3. The minimum absolute atomic E-state index is 0. The number of carbonyl (C=O) groups is 3. The molecule has 0 atom stereocenters. The second-order valence-corrected chi connectivity index (χ2v) is 27.7. The summed E-state index contributed by atoms with van der Waals surface area (Å²) in [6.07, 6.45) is -0.375. The molecule has 0 aliphatic carbocycles. The number of fused-ring (bicyclic) bond motifs is 3. The number of ether oxygens (including phenoxy) is 9. The smallest absolute Gasteiger partial charge is 0.471 e. The van der Waals surface area contributed by atoms with Crippen LogP contribution in [0.5, 0.6) is 51.7 Å². The number of carbonyl (C=O) groups excluding carboxylic acids is 3. The van der Waals surface area contributed by atoms with Gasteiger partial charge >= 0.3 is 15.6 Å². The molecular formula is C69H79F3N18O20P2. The predicted molar refractivity (Wildman–Crippen MR) is 402 cm³/mol. The van der Waals surface area contributed by atoms with E-state index in [-0.39, 0.29) is 89.2 Å². The maximum absolute atomic E-state index is 14.9. The minimum Gasteiger partial charge on any atom is -0.493 e. The fourth-order valence-corrected chi connectivity index (χ4v) is 11.2. The molecule has 3 aliphatic rings. The number of aryl methyl sites for hydroxylation is 3. The molecule has 6 aromatic heterocycles. The van der Waals surface area contributed by atoms with Gasteiger partial charge in [-0.15, -0.1) is 0 Å². The fourth-order valence-electron chi connectivity index (χ4n) is 10.7. The number of phosphoric ester groups is 2. The summed E-state index contributed by atoms with van der Waals surface area (Å²) in [7, 11) is -0.759. The second kappa shape index (κ2) is 33.9. The maximum Gasteiger partial charge on any atom is 0.471 e. The summed E-state index contributed by atoms with van der Waals surface area (Å²) in [5.41, 5.74) is 0.139. The van der Waals surface area contributed by atoms with Crippen LogP contribution in [0.4, 0.5) is 100 Å². The highest BCUT2D eigenvalue weighted by molar-refractivity contribution is 7.46. The second-order valence-electron chi connectivity index (χ2n) is 25.2. The Morgan fingerprint density at radius 3 is 1.17 bits per heavy atom. The van der Waals surface area contributed by atoms with Gasteiger partial charge in [0.05, 0.1) is 63.9 Å². The Labute approximate surface area is 640 Å². The third-order valence-electron chi connectivity index (χ3n) is 15.8. The Balaban J connectivity index is 0.000000196. The topological polar surface area (TPSA) is 474 Å². The molecule has 43 heteroatoms. The van der Waals surface area contributed by atoms with Crippen molar-refractivity contribution in [2.75, 3.05) is 103 Å². The maximum atomic E-state index is 14.9. The summed E-state index contributed by atoms with van der Waals surface area (Å²) in [5.74, 6) is -1.64. The van der Waals surface area contributed by atoms with Gasteiger partial charge < -0.3 is 99.4 Å². The summed E-state index contributed by atoms with van der Waals surface area (Å²) in [5, 5.41) is 19.6. The number of rotatable bonds is 24. The largest absolute Gasteiger partial charge is 0.493 e. The number of hydrogen-bond donors (Lipinski definition) is 11. The van der Waals surface area contributed by atoms with E-state index in [0.29, 0.717) is 57.3 Å². The summed E-state index contributed by atoms with van der Waals surface area (Å²) < 4.78 is 141. The van der Waals surface area contributed by atoms with Crippen LogP contribution in [-0.2, 0) is 32.6 Å². The van der Waals surface area contributed by atoms with E-state index in [4.69, 9.17) is 64.9 Å². The molecule has 596 valence electrons. The van der Waals surface area contributed by atoms with Crippen LogP contribution in [0.1, 0.15) is 68.4 Å². The van der Waals surface area contributed by atoms with Gasteiger partial charge in [-0.3, -0.25) is 33.2 Å². The van der Waals surface area contributed by atoms with Crippen molar-refractivity contribution in [3.8, 4) is 51.7 Å². The quantitative estimate of drug-likeness (QED) is 0.0250. The Morgan fingerprint density at radius 1 is 0.473 bits per heavy atom. The molecule has 9 aromatic rings. The zero-order chi connectivity index (χ0) is 82.6. The number of phosphoric acid groups is 2. The predicted octanol–water partition coefficient (Wildman–Crippen LogP) is 11.4. The fraction of sp³-hybridized carbons (Fsp3) is 0.304. The number of nitrogens with one attached hydrogen (secondary N) is 7. The number of pyridine rings is 3. The molecule has 12 rings (SSSR count). The lowest BCUT2D eigenvalue weighted by molar-refractivity contribution is -0.134. The standard InChI is InChI=1S/2C23H26FN6O8P.C22H23FN6O4.CH4/c2*1-12-8-13(9-16(35-4)18(12)36-5)26-22-25-10-14(24)19(29-22)27-17-7-6-15-20(28-17)30(11-37-39(32,33)34)21(31)23(2,3)38-15;1-11-8-12(9-15(31-4)17(11)32-5)25-21-24-10-13(23)18(29-21)26-16-7-6-14-19(27-16)28-20(30)22(2,3)33-14;/h2*6-10H,11H2,1-5H3,(H2,32,33,34)(H2,25,26,27,28,29);6-10H,1-5H3,(H3,24,25,26,27,28,29,30);1H4/i10D;;10D;. The molecule has 9 heterocycles. The van der Waals surface area contributed by atoms with Crippen LogP contribution in [0, 0.1) is 38.2 Å². The van der Waals surface area contributed by atoms with Gasteiger partial charge in [0.2, 0.25) is 17.8 Å². The lowest BCUT2D eigenvalue weighted by Crippen LogP contribution is -2.53. The first-order valence-corrected chi connectivity index (χ1v) is 35.6. The average Bonchev–Trinajstić information content (AvgIpc) is 0.759. The first-order valence-electron chi connectivity index (χ1n) is 33.5. The molecule has 0 saturated carbocycles. The number of halogens is 3. The van der Waals surface area contributed by atoms with Gasteiger partial charge in [-0.05, 0) is 134 Å². The first-order chi connectivity index (χ1) is 53.1. The van der Waals surface area contributed by atoms with Gasteiger partial charge in [0.1, 0.15) is 30.9 Å². The number of aromatic nitrogens is 9. The van der Waals surface area contributed by atoms with Crippen LogP contribution in [-0.4, -0.2) is 155 Å². The lowest BCUT2D eigenvalue weighted by Gasteiger charge is -2.37. The monoisotopic (exact) mass is 1600 g/mol. The van der Waals surface area contributed by atoms with Gasteiger partial charge in [-0.25, -0.2) is 52.2 Å². The van der Waals surface area contributed by atoms with E-state index in [1.165, 1.54) is 87.5 Å². The van der Waals surface area contributed by atoms with Gasteiger partial charge in [0.15, 0.2) is 121 Å². The van der Waals surface area contributed by atoms with Gasteiger partial charge in [-0.2, -0.15) is 15.0 Å². The van der Waals surface area contributed by atoms with Crippen LogP contribution < -0.4 is 89.6 Å². The van der Waals surface area contributed by atoms with Crippen molar-refractivity contribution in [1.82, 2.24) is 44.9 Å². The number of nitrogens with zero attached hydrogens (tertiary/aromatic N) is 11. The zero-order valence-electron chi connectivity index (χ0n) is 63.7. The minimum atomic E-state index is -4.93. The van der Waals surface area contributed by atoms with Crippen molar-refractivity contribution < 1.29 is 111 Å². The number of anilines is 15. The summed E-state index contributed by atoms with van der Waals surface area (Å²) in [6, 6.07) is 19.1. The highest BCUT2D eigenvalue weighted by atomic mass is 31.2. The number of hydrogen-bond acceptors (Lipinski definition) is 31. The zero-order valence-corrected chi connectivity index (χ0v) is 63.5. The average molecular weight is 1600 g/mol. The molecule has 112 heavy (non-hydrogen) atoms. The van der Waals surface area contributed by atoms with Crippen molar-refractivity contribution in [2.45, 2.75) is 86.5 Å². The Morgan fingerprint density at radius 2 is 0.812 bits per heavy atom. The van der Waals surface area contributed by atoms with Gasteiger partial charge in [0.25, 0.3) is 17.7 Å². The molecule has 3 amide bonds. The first kappa shape index (κ1) is 80.8. The highest BCUT2D eigenvalue weighted by Crippen LogP contribution is 2.45. The lowest BCUT2D eigenvalue weighted by atomic mass is 10.1. The van der Waals surface area contributed by atoms with Crippen LogP contribution in [0.15, 0.2) is 91.3 Å². The molecular weight excluding hydrogens is 1520 g/mol. The van der Waals surface area contributed by atoms with E-state index in [2.05, 4.69) is 91.1 Å². The molecule has 38 nitrogen and oxygen atoms in total. The van der Waals surface area contributed by atoms with E-state index in [1.54, 1.807) is 76.4 Å². The number of methoxy groups -OCH3 is 6. The Bertz CT molecular complexity index is 5290. The number of benzene rings is 3. The van der Waals surface area contributed by atoms with E-state index < -0.39 is 93.3 Å². The summed E-state index contributed by atoms with van der Waals surface area (Å²) >= 11 is 0. The van der Waals surface area contributed by atoms with E-state index >= 15 is 0 Å². The molecule has 3 aliphatic heterocycles. The molecule has 0 unspecified atom stereocenters. The van der Waals surface area contributed by atoms with Crippen molar-refractivity contribution >= 4 is 121 Å². The summed E-state index contributed by atoms with van der Waals surface area (Å²) in [4.78, 5) is 113.